The molecule has 6 nitrogen and oxygen atoms in total. The molecule has 6 heteroatoms. The molecule has 0 fully saturated rings. The smallest absolute Gasteiger partial charge is 0.338 e. The van der Waals surface area contributed by atoms with E-state index in [-0.39, 0.29) is 0 Å². The van der Waals surface area contributed by atoms with Gasteiger partial charge in [-0.3, -0.25) is 0 Å². The number of hydrogen-bond acceptors (Lipinski definition) is 6. The number of esters is 2. The van der Waals surface area contributed by atoms with Gasteiger partial charge in [0.25, 0.3) is 0 Å². The van der Waals surface area contributed by atoms with Crippen LogP contribution in [-0.4, -0.2) is 46.6 Å². The Morgan fingerprint density at radius 1 is 0.714 bits per heavy atom. The van der Waals surface area contributed by atoms with Gasteiger partial charge in [-0.15, -0.1) is 0 Å². The van der Waals surface area contributed by atoms with Gasteiger partial charge in [0.05, 0.1) is 11.1 Å². The van der Waals surface area contributed by atoms with E-state index < -0.39 is 36.4 Å². The highest BCUT2D eigenvalue weighted by Gasteiger charge is 2.35. The van der Waals surface area contributed by atoms with Crippen LogP contribution in [0.5, 0.6) is 0 Å². The van der Waals surface area contributed by atoms with Crippen LogP contribution in [0.3, 0.4) is 0 Å². The summed E-state index contributed by atoms with van der Waals surface area (Å²) in [5, 5.41) is 21.1. The molecule has 28 heavy (non-hydrogen) atoms. The molecule has 0 radical (unpaired) electrons. The molecule has 0 amide bonds. The van der Waals surface area contributed by atoms with Gasteiger partial charge in [0.1, 0.15) is 24.4 Å². The third-order valence-electron chi connectivity index (χ3n) is 4.45. The zero-order valence-electron chi connectivity index (χ0n) is 16.0. The Hall–Kier alpha value is -2.70. The topological polar surface area (TPSA) is 93.1 Å². The molecule has 0 aliphatic rings. The standard InChI is InChI=1S/C22H26O6/c1-3-17(27-21(25)15-11-7-5-8-12-15)19(23)20(24)18(4-2)28-22(26)16-13-9-6-10-14-16/h5-14,17-20,23-24H,3-4H2,1-2H3/t17-,18-,19-,20-/m1/s1. The first-order valence-electron chi connectivity index (χ1n) is 9.36. The minimum absolute atomic E-state index is 0.292. The zero-order chi connectivity index (χ0) is 20.5. The van der Waals surface area contributed by atoms with E-state index in [0.717, 1.165) is 0 Å². The third kappa shape index (κ3) is 5.65. The van der Waals surface area contributed by atoms with Crippen LogP contribution in [0.15, 0.2) is 60.7 Å². The van der Waals surface area contributed by atoms with Crippen molar-refractivity contribution >= 4 is 11.9 Å². The van der Waals surface area contributed by atoms with Crippen molar-refractivity contribution < 1.29 is 29.3 Å². The highest BCUT2D eigenvalue weighted by atomic mass is 16.6. The molecule has 0 aliphatic heterocycles. The summed E-state index contributed by atoms with van der Waals surface area (Å²) in [5.74, 6) is -1.18. The van der Waals surface area contributed by atoms with Gasteiger partial charge < -0.3 is 19.7 Å². The zero-order valence-corrected chi connectivity index (χ0v) is 16.0. The van der Waals surface area contributed by atoms with Crippen LogP contribution >= 0.6 is 0 Å². The Kier molecular flexibility index (Phi) is 8.17. The molecule has 4 atom stereocenters. The van der Waals surface area contributed by atoms with Gasteiger partial charge in [0.2, 0.25) is 0 Å². The Bertz CT molecular complexity index is 681. The third-order valence-corrected chi connectivity index (χ3v) is 4.45. The van der Waals surface area contributed by atoms with Gasteiger partial charge in [-0.25, -0.2) is 9.59 Å². The van der Waals surface area contributed by atoms with Crippen LogP contribution in [0.25, 0.3) is 0 Å². The lowest BCUT2D eigenvalue weighted by atomic mass is 9.99. The molecule has 2 rings (SSSR count). The second kappa shape index (κ2) is 10.6. The molecule has 2 aromatic carbocycles. The van der Waals surface area contributed by atoms with E-state index in [4.69, 9.17) is 9.47 Å². The normalized spacial score (nSPS) is 15.1. The average molecular weight is 386 g/mol. The molecule has 0 bridgehead atoms. The first-order valence-corrected chi connectivity index (χ1v) is 9.36. The van der Waals surface area contributed by atoms with E-state index >= 15 is 0 Å². The van der Waals surface area contributed by atoms with Crippen molar-refractivity contribution in [3.05, 3.63) is 71.8 Å². The first kappa shape index (κ1) is 21.6. The predicted octanol–water partition coefficient (Wildman–Crippen LogP) is 2.98. The summed E-state index contributed by atoms with van der Waals surface area (Å²) in [4.78, 5) is 24.5. The van der Waals surface area contributed by atoms with Crippen molar-refractivity contribution in [3.8, 4) is 0 Å². The molecular weight excluding hydrogens is 360 g/mol. The molecular formula is C22H26O6. The maximum Gasteiger partial charge on any atom is 0.338 e. The molecule has 0 aromatic heterocycles. The van der Waals surface area contributed by atoms with Gasteiger partial charge in [0.15, 0.2) is 0 Å². The van der Waals surface area contributed by atoms with E-state index in [1.807, 2.05) is 0 Å². The minimum atomic E-state index is -1.40. The molecule has 0 aliphatic carbocycles. The molecule has 0 unspecified atom stereocenters. The van der Waals surface area contributed by atoms with Crippen molar-refractivity contribution in [1.29, 1.82) is 0 Å². The quantitative estimate of drug-likeness (QED) is 0.644. The van der Waals surface area contributed by atoms with Gasteiger partial charge in [-0.1, -0.05) is 50.2 Å². The van der Waals surface area contributed by atoms with Crippen molar-refractivity contribution in [1.82, 2.24) is 0 Å². The Labute approximate surface area is 164 Å². The Balaban J connectivity index is 2.03. The second-order valence-corrected chi connectivity index (χ2v) is 6.42. The first-order chi connectivity index (χ1) is 13.5. The van der Waals surface area contributed by atoms with E-state index in [2.05, 4.69) is 0 Å². The SMILES string of the molecule is CC[C@@H](OC(=O)c1ccccc1)[C@@H](O)[C@H](O)[C@@H](CC)OC(=O)c1ccccc1. The van der Waals surface area contributed by atoms with E-state index in [1.54, 1.807) is 74.5 Å². The average Bonchev–Trinajstić information content (AvgIpc) is 2.75. The summed E-state index contributed by atoms with van der Waals surface area (Å²) in [6.45, 7) is 3.46. The van der Waals surface area contributed by atoms with Crippen molar-refractivity contribution in [3.63, 3.8) is 0 Å². The lowest BCUT2D eigenvalue weighted by molar-refractivity contribution is -0.113. The number of carbonyl (C=O) groups is 2. The fraction of sp³-hybridized carbons (Fsp3) is 0.364. The maximum atomic E-state index is 12.2. The van der Waals surface area contributed by atoms with Crippen molar-refractivity contribution in [2.24, 2.45) is 0 Å². The lowest BCUT2D eigenvalue weighted by Gasteiger charge is -2.30. The molecule has 2 N–H and O–H groups in total. The van der Waals surface area contributed by atoms with E-state index in [0.29, 0.717) is 24.0 Å². The fourth-order valence-electron chi connectivity index (χ4n) is 2.79. The Morgan fingerprint density at radius 3 is 1.32 bits per heavy atom. The van der Waals surface area contributed by atoms with Crippen LogP contribution in [0, 0.1) is 0 Å². The number of aliphatic hydroxyl groups excluding tert-OH is 2. The number of aliphatic hydroxyl groups is 2. The summed E-state index contributed by atoms with van der Waals surface area (Å²) in [6.07, 6.45) is -4.09. The van der Waals surface area contributed by atoms with Crippen LogP contribution in [0.4, 0.5) is 0 Å². The van der Waals surface area contributed by atoms with Crippen molar-refractivity contribution in [2.45, 2.75) is 51.1 Å². The molecule has 150 valence electrons. The molecule has 0 spiro atoms. The van der Waals surface area contributed by atoms with Crippen molar-refractivity contribution in [2.75, 3.05) is 0 Å². The fourth-order valence-corrected chi connectivity index (χ4v) is 2.79. The van der Waals surface area contributed by atoms with Crippen LogP contribution < -0.4 is 0 Å². The number of rotatable bonds is 9. The molecule has 0 saturated carbocycles. The Morgan fingerprint density at radius 2 is 1.04 bits per heavy atom. The lowest BCUT2D eigenvalue weighted by Crippen LogP contribution is -2.47. The largest absolute Gasteiger partial charge is 0.456 e. The summed E-state index contributed by atoms with van der Waals surface area (Å²) in [6, 6.07) is 16.8. The van der Waals surface area contributed by atoms with Crippen LogP contribution in [0.2, 0.25) is 0 Å². The summed E-state index contributed by atoms with van der Waals surface area (Å²) >= 11 is 0. The summed E-state index contributed by atoms with van der Waals surface area (Å²) in [5.41, 5.74) is 0.704. The number of hydrogen-bond donors (Lipinski definition) is 2. The maximum absolute atomic E-state index is 12.2. The molecule has 0 heterocycles. The van der Waals surface area contributed by atoms with Gasteiger partial charge >= 0.3 is 11.9 Å². The highest BCUT2D eigenvalue weighted by molar-refractivity contribution is 5.90. The van der Waals surface area contributed by atoms with Crippen LogP contribution in [0.1, 0.15) is 47.4 Å². The summed E-state index contributed by atoms with van der Waals surface area (Å²) in [7, 11) is 0. The number of carbonyl (C=O) groups excluding carboxylic acids is 2. The summed E-state index contributed by atoms with van der Waals surface area (Å²) < 4.78 is 10.7. The van der Waals surface area contributed by atoms with Crippen LogP contribution in [-0.2, 0) is 9.47 Å². The predicted molar refractivity (Wildman–Crippen MR) is 104 cm³/mol. The monoisotopic (exact) mass is 386 g/mol. The number of ether oxygens (including phenoxy) is 2. The molecule has 2 aromatic rings. The van der Waals surface area contributed by atoms with Gasteiger partial charge in [-0.05, 0) is 37.1 Å². The van der Waals surface area contributed by atoms with E-state index in [9.17, 15) is 19.8 Å². The number of benzene rings is 2. The highest BCUT2D eigenvalue weighted by Crippen LogP contribution is 2.18. The van der Waals surface area contributed by atoms with Gasteiger partial charge in [0, 0.05) is 0 Å². The minimum Gasteiger partial charge on any atom is -0.456 e. The second-order valence-electron chi connectivity index (χ2n) is 6.42. The van der Waals surface area contributed by atoms with Gasteiger partial charge in [-0.2, -0.15) is 0 Å². The molecule has 0 saturated heterocycles. The van der Waals surface area contributed by atoms with E-state index in [1.165, 1.54) is 0 Å².